The van der Waals surface area contributed by atoms with Crippen LogP contribution in [0.25, 0.3) is 0 Å². The van der Waals surface area contributed by atoms with E-state index in [1.807, 2.05) is 92.7 Å². The highest BCUT2D eigenvalue weighted by Crippen LogP contribution is 2.21. The van der Waals surface area contributed by atoms with Gasteiger partial charge in [-0.25, -0.2) is 4.98 Å². The van der Waals surface area contributed by atoms with Crippen molar-refractivity contribution in [2.24, 2.45) is 0 Å². The van der Waals surface area contributed by atoms with E-state index in [2.05, 4.69) is 48.5 Å². The van der Waals surface area contributed by atoms with Crippen LogP contribution in [0.5, 0.6) is 0 Å². The Labute approximate surface area is 200 Å². The predicted molar refractivity (Wildman–Crippen MR) is 138 cm³/mol. The van der Waals surface area contributed by atoms with Crippen LogP contribution in [0.4, 0.5) is 28.8 Å². The number of hydrogen-bond acceptors (Lipinski definition) is 5. The number of nitrogens with zero attached hydrogens (tertiary/aromatic N) is 2. The van der Waals surface area contributed by atoms with Gasteiger partial charge in [-0.1, -0.05) is 17.7 Å². The van der Waals surface area contributed by atoms with Crippen molar-refractivity contribution in [2.75, 3.05) is 16.0 Å². The third-order valence-electron chi connectivity index (χ3n) is 4.68. The number of rotatable bonds is 6. The number of benzene rings is 3. The molecule has 1 heterocycles. The zero-order valence-corrected chi connectivity index (χ0v) is 19.8. The Morgan fingerprint density at radius 3 is 2.03 bits per heavy atom. The van der Waals surface area contributed by atoms with Crippen molar-refractivity contribution in [1.82, 2.24) is 9.97 Å². The number of hydrogen-bond donors (Lipinski definition) is 3. The van der Waals surface area contributed by atoms with E-state index in [4.69, 9.17) is 0 Å². The summed E-state index contributed by atoms with van der Waals surface area (Å²) in [6, 6.07) is 24.9. The fourth-order valence-electron chi connectivity index (χ4n) is 3.04. The summed E-state index contributed by atoms with van der Waals surface area (Å²) in [4.78, 5) is 21.4. The second-order valence-electron chi connectivity index (χ2n) is 7.37. The van der Waals surface area contributed by atoms with Gasteiger partial charge in [-0.05, 0) is 97.1 Å². The smallest absolute Gasteiger partial charge is 0.255 e. The molecule has 1 amide bonds. The quantitative estimate of drug-likeness (QED) is 0.248. The third kappa shape index (κ3) is 5.82. The first-order chi connectivity index (χ1) is 15.4. The molecule has 0 aliphatic rings. The molecule has 0 bridgehead atoms. The molecule has 0 unspecified atom stereocenters. The van der Waals surface area contributed by atoms with Crippen molar-refractivity contribution in [3.05, 3.63) is 99.3 Å². The average Bonchev–Trinajstić information content (AvgIpc) is 2.77. The van der Waals surface area contributed by atoms with E-state index in [0.717, 1.165) is 26.3 Å². The molecule has 0 aliphatic heterocycles. The van der Waals surface area contributed by atoms with Crippen molar-refractivity contribution < 1.29 is 4.79 Å². The van der Waals surface area contributed by atoms with Crippen LogP contribution in [-0.4, -0.2) is 15.9 Å². The predicted octanol–water partition coefficient (Wildman–Crippen LogP) is 6.44. The van der Waals surface area contributed by atoms with Gasteiger partial charge in [-0.15, -0.1) is 0 Å². The average molecular weight is 535 g/mol. The van der Waals surface area contributed by atoms with Crippen molar-refractivity contribution in [1.29, 1.82) is 0 Å². The van der Waals surface area contributed by atoms with Crippen LogP contribution in [-0.2, 0) is 0 Å². The maximum Gasteiger partial charge on any atom is 0.255 e. The van der Waals surface area contributed by atoms with E-state index in [1.54, 1.807) is 0 Å². The molecule has 0 aliphatic carbocycles. The minimum Gasteiger partial charge on any atom is -0.340 e. The molecule has 3 aromatic carbocycles. The molecule has 4 aromatic rings. The standard InChI is InChI=1S/C25H22IN5O/c1-16-3-9-22(10-4-16)30-25-27-17(2)15-23(31-25)28-20-11-13-21(14-12-20)29-24(32)18-5-7-19(26)8-6-18/h3-15H,1-2H3,(H,29,32)(H2,27,28,30,31). The first kappa shape index (κ1) is 21.8. The Bertz CT molecular complexity index is 1220. The Balaban J connectivity index is 1.42. The SMILES string of the molecule is Cc1ccc(Nc2nc(C)cc(Nc3ccc(NC(=O)c4ccc(I)cc4)cc3)n2)cc1. The third-order valence-corrected chi connectivity index (χ3v) is 5.40. The van der Waals surface area contributed by atoms with Crippen molar-refractivity contribution in [3.63, 3.8) is 0 Å². The molecule has 3 N–H and O–H groups in total. The molecule has 32 heavy (non-hydrogen) atoms. The number of carbonyl (C=O) groups is 1. The molecule has 0 fully saturated rings. The lowest BCUT2D eigenvalue weighted by molar-refractivity contribution is 0.102. The van der Waals surface area contributed by atoms with Crippen LogP contribution >= 0.6 is 22.6 Å². The minimum absolute atomic E-state index is 0.139. The van der Waals surface area contributed by atoms with Gasteiger partial charge in [-0.3, -0.25) is 4.79 Å². The summed E-state index contributed by atoms with van der Waals surface area (Å²) < 4.78 is 1.09. The Morgan fingerprint density at radius 2 is 1.34 bits per heavy atom. The van der Waals surface area contributed by atoms with Crippen LogP contribution in [0.1, 0.15) is 21.6 Å². The molecule has 0 saturated carbocycles. The molecule has 0 saturated heterocycles. The fraction of sp³-hybridized carbons (Fsp3) is 0.0800. The van der Waals surface area contributed by atoms with Crippen molar-refractivity contribution in [2.45, 2.75) is 13.8 Å². The molecular weight excluding hydrogens is 513 g/mol. The lowest BCUT2D eigenvalue weighted by Gasteiger charge is -2.11. The molecule has 7 heteroatoms. The normalized spacial score (nSPS) is 10.5. The van der Waals surface area contributed by atoms with E-state index < -0.39 is 0 Å². The molecule has 160 valence electrons. The summed E-state index contributed by atoms with van der Waals surface area (Å²) in [6.07, 6.45) is 0. The Morgan fingerprint density at radius 1 is 0.750 bits per heavy atom. The van der Waals surface area contributed by atoms with E-state index in [0.29, 0.717) is 17.3 Å². The first-order valence-electron chi connectivity index (χ1n) is 10.1. The summed E-state index contributed by atoms with van der Waals surface area (Å²) in [5, 5.41) is 9.44. The topological polar surface area (TPSA) is 78.9 Å². The maximum absolute atomic E-state index is 12.4. The fourth-order valence-corrected chi connectivity index (χ4v) is 3.40. The van der Waals surface area contributed by atoms with Crippen molar-refractivity contribution >= 4 is 57.3 Å². The second-order valence-corrected chi connectivity index (χ2v) is 8.62. The lowest BCUT2D eigenvalue weighted by atomic mass is 10.2. The summed E-state index contributed by atoms with van der Waals surface area (Å²) in [5.41, 5.74) is 5.18. The highest BCUT2D eigenvalue weighted by Gasteiger charge is 2.07. The van der Waals surface area contributed by atoms with Crippen LogP contribution in [0.15, 0.2) is 78.9 Å². The van der Waals surface area contributed by atoms with Gasteiger partial charge in [0.2, 0.25) is 5.95 Å². The summed E-state index contributed by atoms with van der Waals surface area (Å²) in [6.45, 7) is 3.98. The Kier molecular flexibility index (Phi) is 6.65. The first-order valence-corrected chi connectivity index (χ1v) is 11.2. The largest absolute Gasteiger partial charge is 0.340 e. The summed E-state index contributed by atoms with van der Waals surface area (Å²) >= 11 is 2.21. The molecular formula is C25H22IN5O. The highest BCUT2D eigenvalue weighted by atomic mass is 127. The zero-order valence-electron chi connectivity index (χ0n) is 17.7. The molecule has 4 rings (SSSR count). The minimum atomic E-state index is -0.139. The van der Waals surface area contributed by atoms with Gasteiger partial charge in [0.05, 0.1) is 0 Å². The number of nitrogens with one attached hydrogen (secondary N) is 3. The van der Waals surface area contributed by atoms with Gasteiger partial charge in [0, 0.05) is 38.0 Å². The molecule has 0 radical (unpaired) electrons. The summed E-state index contributed by atoms with van der Waals surface area (Å²) in [7, 11) is 0. The summed E-state index contributed by atoms with van der Waals surface area (Å²) in [5.74, 6) is 1.07. The number of aromatic nitrogens is 2. The van der Waals surface area contributed by atoms with Gasteiger partial charge in [0.25, 0.3) is 5.91 Å². The van der Waals surface area contributed by atoms with Gasteiger partial charge in [-0.2, -0.15) is 4.98 Å². The second kappa shape index (κ2) is 9.78. The van der Waals surface area contributed by atoms with Crippen LogP contribution < -0.4 is 16.0 Å². The highest BCUT2D eigenvalue weighted by molar-refractivity contribution is 14.1. The number of aryl methyl sites for hydroxylation is 2. The van der Waals surface area contributed by atoms with Gasteiger partial charge < -0.3 is 16.0 Å². The van der Waals surface area contributed by atoms with E-state index in [9.17, 15) is 4.79 Å². The molecule has 1 aromatic heterocycles. The molecule has 6 nitrogen and oxygen atoms in total. The molecule has 0 spiro atoms. The van der Waals surface area contributed by atoms with E-state index in [-0.39, 0.29) is 5.91 Å². The van der Waals surface area contributed by atoms with Gasteiger partial charge in [0.15, 0.2) is 0 Å². The van der Waals surface area contributed by atoms with Crippen LogP contribution in [0, 0.1) is 17.4 Å². The van der Waals surface area contributed by atoms with Crippen LogP contribution in [0.3, 0.4) is 0 Å². The lowest BCUT2D eigenvalue weighted by Crippen LogP contribution is -2.11. The number of anilines is 5. The monoisotopic (exact) mass is 535 g/mol. The van der Waals surface area contributed by atoms with E-state index in [1.165, 1.54) is 5.56 Å². The number of carbonyl (C=O) groups excluding carboxylic acids is 1. The van der Waals surface area contributed by atoms with E-state index >= 15 is 0 Å². The van der Waals surface area contributed by atoms with Gasteiger partial charge in [0.1, 0.15) is 5.82 Å². The zero-order chi connectivity index (χ0) is 22.5. The number of halogens is 1. The van der Waals surface area contributed by atoms with Crippen molar-refractivity contribution in [3.8, 4) is 0 Å². The molecule has 0 atom stereocenters. The maximum atomic E-state index is 12.4. The Hall–Kier alpha value is -3.46. The number of amides is 1. The van der Waals surface area contributed by atoms with Crippen LogP contribution in [0.2, 0.25) is 0 Å². The van der Waals surface area contributed by atoms with Gasteiger partial charge >= 0.3 is 0 Å².